The first-order chi connectivity index (χ1) is 8.34. The predicted octanol–water partition coefficient (Wildman–Crippen LogP) is 3.74. The normalized spacial score (nSPS) is 14.6. The molecule has 1 aliphatic heterocycles. The Morgan fingerprint density at radius 1 is 0.882 bits per heavy atom. The molecule has 1 heterocycles. The van der Waals surface area contributed by atoms with Crippen molar-refractivity contribution in [1.82, 2.24) is 0 Å². The number of halogens is 1. The van der Waals surface area contributed by atoms with Crippen LogP contribution in [0.2, 0.25) is 0 Å². The van der Waals surface area contributed by atoms with Gasteiger partial charge in [-0.15, -0.1) is 11.6 Å². The highest BCUT2D eigenvalue weighted by Gasteiger charge is 2.17. The van der Waals surface area contributed by atoms with Gasteiger partial charge in [-0.3, -0.25) is 0 Å². The SMILES string of the molecule is ClC(c1ccccc1)c1ccc2c(c1)OCO2. The third-order valence-electron chi connectivity index (χ3n) is 2.78. The van der Waals surface area contributed by atoms with Crippen LogP contribution in [-0.2, 0) is 0 Å². The van der Waals surface area contributed by atoms with E-state index in [1.54, 1.807) is 0 Å². The quantitative estimate of drug-likeness (QED) is 0.752. The van der Waals surface area contributed by atoms with Crippen LogP contribution < -0.4 is 9.47 Å². The van der Waals surface area contributed by atoms with E-state index in [9.17, 15) is 0 Å². The van der Waals surface area contributed by atoms with E-state index in [0.717, 1.165) is 22.6 Å². The molecule has 17 heavy (non-hydrogen) atoms. The Morgan fingerprint density at radius 3 is 2.47 bits per heavy atom. The second-order valence-corrected chi connectivity index (χ2v) is 4.32. The Bertz CT molecular complexity index is 525. The molecule has 0 spiro atoms. The Kier molecular flexibility index (Phi) is 2.65. The third-order valence-corrected chi connectivity index (χ3v) is 3.29. The van der Waals surface area contributed by atoms with Crippen molar-refractivity contribution < 1.29 is 9.47 Å². The molecule has 0 saturated carbocycles. The second kappa shape index (κ2) is 4.30. The molecule has 1 aliphatic rings. The van der Waals surface area contributed by atoms with E-state index in [-0.39, 0.29) is 12.2 Å². The summed E-state index contributed by atoms with van der Waals surface area (Å²) in [6.07, 6.45) is 0. The Labute approximate surface area is 105 Å². The van der Waals surface area contributed by atoms with Gasteiger partial charge in [0.2, 0.25) is 6.79 Å². The van der Waals surface area contributed by atoms with E-state index in [1.807, 2.05) is 48.5 Å². The summed E-state index contributed by atoms with van der Waals surface area (Å²) >= 11 is 6.44. The molecule has 1 unspecified atom stereocenters. The van der Waals surface area contributed by atoms with Gasteiger partial charge in [-0.25, -0.2) is 0 Å². The van der Waals surface area contributed by atoms with Gasteiger partial charge in [0.15, 0.2) is 11.5 Å². The second-order valence-electron chi connectivity index (χ2n) is 3.89. The molecule has 0 fully saturated rings. The van der Waals surface area contributed by atoms with E-state index in [0.29, 0.717) is 0 Å². The van der Waals surface area contributed by atoms with Gasteiger partial charge in [0.1, 0.15) is 0 Å². The van der Waals surface area contributed by atoms with E-state index in [2.05, 4.69) is 0 Å². The molecule has 2 aromatic carbocycles. The molecule has 86 valence electrons. The van der Waals surface area contributed by atoms with E-state index >= 15 is 0 Å². The third kappa shape index (κ3) is 1.96. The van der Waals surface area contributed by atoms with Crippen molar-refractivity contribution in [2.45, 2.75) is 5.38 Å². The fraction of sp³-hybridized carbons (Fsp3) is 0.143. The summed E-state index contributed by atoms with van der Waals surface area (Å²) < 4.78 is 10.6. The average molecular weight is 247 g/mol. The van der Waals surface area contributed by atoms with Crippen molar-refractivity contribution in [2.75, 3.05) is 6.79 Å². The monoisotopic (exact) mass is 246 g/mol. The highest BCUT2D eigenvalue weighted by atomic mass is 35.5. The highest BCUT2D eigenvalue weighted by Crippen LogP contribution is 2.37. The summed E-state index contributed by atoms with van der Waals surface area (Å²) in [4.78, 5) is 0. The number of benzene rings is 2. The Balaban J connectivity index is 1.94. The van der Waals surface area contributed by atoms with Gasteiger partial charge in [0, 0.05) is 0 Å². The molecule has 0 N–H and O–H groups in total. The van der Waals surface area contributed by atoms with Crippen LogP contribution in [0, 0.1) is 0 Å². The lowest BCUT2D eigenvalue weighted by atomic mass is 10.0. The van der Waals surface area contributed by atoms with Gasteiger partial charge in [-0.1, -0.05) is 36.4 Å². The summed E-state index contributed by atoms with van der Waals surface area (Å²) in [5.74, 6) is 1.55. The van der Waals surface area contributed by atoms with Crippen LogP contribution >= 0.6 is 11.6 Å². The minimum Gasteiger partial charge on any atom is -0.454 e. The van der Waals surface area contributed by atoms with Crippen LogP contribution in [0.1, 0.15) is 16.5 Å². The molecule has 2 aromatic rings. The van der Waals surface area contributed by atoms with Crippen molar-refractivity contribution in [3.63, 3.8) is 0 Å². The van der Waals surface area contributed by atoms with Crippen molar-refractivity contribution in [3.8, 4) is 11.5 Å². The van der Waals surface area contributed by atoms with Gasteiger partial charge < -0.3 is 9.47 Å². The highest BCUT2D eigenvalue weighted by molar-refractivity contribution is 6.22. The van der Waals surface area contributed by atoms with Gasteiger partial charge in [0.25, 0.3) is 0 Å². The Hall–Kier alpha value is -1.67. The zero-order chi connectivity index (χ0) is 11.7. The first-order valence-corrected chi connectivity index (χ1v) is 5.87. The summed E-state index contributed by atoms with van der Waals surface area (Å²) in [5.41, 5.74) is 2.09. The van der Waals surface area contributed by atoms with Crippen LogP contribution in [0.5, 0.6) is 11.5 Å². The maximum atomic E-state index is 6.44. The summed E-state index contributed by atoms with van der Waals surface area (Å²) in [6, 6.07) is 15.8. The summed E-state index contributed by atoms with van der Waals surface area (Å²) in [6.45, 7) is 0.289. The molecule has 2 nitrogen and oxygen atoms in total. The first-order valence-electron chi connectivity index (χ1n) is 5.43. The molecule has 0 amide bonds. The number of alkyl halides is 1. The van der Waals surface area contributed by atoms with Crippen molar-refractivity contribution in [3.05, 3.63) is 59.7 Å². The smallest absolute Gasteiger partial charge is 0.231 e. The van der Waals surface area contributed by atoms with Crippen molar-refractivity contribution in [2.24, 2.45) is 0 Å². The average Bonchev–Trinajstić information content (AvgIpc) is 2.86. The molecular weight excluding hydrogens is 236 g/mol. The maximum absolute atomic E-state index is 6.44. The van der Waals surface area contributed by atoms with Gasteiger partial charge >= 0.3 is 0 Å². The number of fused-ring (bicyclic) bond motifs is 1. The standard InChI is InChI=1S/C14H11ClO2/c15-14(10-4-2-1-3-5-10)11-6-7-12-13(8-11)17-9-16-12/h1-8,14H,9H2. The number of ether oxygens (including phenoxy) is 2. The Morgan fingerprint density at radius 2 is 1.65 bits per heavy atom. The molecule has 0 bridgehead atoms. The van der Waals surface area contributed by atoms with Crippen molar-refractivity contribution in [1.29, 1.82) is 0 Å². The topological polar surface area (TPSA) is 18.5 Å². The summed E-state index contributed by atoms with van der Waals surface area (Å²) in [5, 5.41) is -0.161. The fourth-order valence-corrected chi connectivity index (χ4v) is 2.17. The lowest BCUT2D eigenvalue weighted by molar-refractivity contribution is 0.174. The van der Waals surface area contributed by atoms with Crippen LogP contribution in [0.15, 0.2) is 48.5 Å². The largest absolute Gasteiger partial charge is 0.454 e. The van der Waals surface area contributed by atoms with E-state index in [1.165, 1.54) is 0 Å². The predicted molar refractivity (Wildman–Crippen MR) is 66.7 cm³/mol. The van der Waals surface area contributed by atoms with Crippen LogP contribution in [-0.4, -0.2) is 6.79 Å². The van der Waals surface area contributed by atoms with Crippen LogP contribution in [0.3, 0.4) is 0 Å². The van der Waals surface area contributed by atoms with E-state index < -0.39 is 0 Å². The molecule has 0 aliphatic carbocycles. The van der Waals surface area contributed by atoms with Crippen LogP contribution in [0.4, 0.5) is 0 Å². The minimum absolute atomic E-state index is 0.161. The maximum Gasteiger partial charge on any atom is 0.231 e. The van der Waals surface area contributed by atoms with Crippen molar-refractivity contribution >= 4 is 11.6 Å². The number of hydrogen-bond donors (Lipinski definition) is 0. The fourth-order valence-electron chi connectivity index (χ4n) is 1.89. The number of rotatable bonds is 2. The van der Waals surface area contributed by atoms with E-state index in [4.69, 9.17) is 21.1 Å². The first kappa shape index (κ1) is 10.5. The van der Waals surface area contributed by atoms with Crippen LogP contribution in [0.25, 0.3) is 0 Å². The summed E-state index contributed by atoms with van der Waals surface area (Å²) in [7, 11) is 0. The van der Waals surface area contributed by atoms with Gasteiger partial charge in [-0.05, 0) is 23.3 Å². The molecule has 0 aromatic heterocycles. The molecule has 0 saturated heterocycles. The molecule has 1 atom stereocenters. The molecule has 0 radical (unpaired) electrons. The number of hydrogen-bond acceptors (Lipinski definition) is 2. The minimum atomic E-state index is -0.161. The van der Waals surface area contributed by atoms with Gasteiger partial charge in [0.05, 0.1) is 5.38 Å². The van der Waals surface area contributed by atoms with Gasteiger partial charge in [-0.2, -0.15) is 0 Å². The lowest BCUT2D eigenvalue weighted by Crippen LogP contribution is -1.93. The molecular formula is C14H11ClO2. The molecule has 3 heteroatoms. The lowest BCUT2D eigenvalue weighted by Gasteiger charge is -2.10. The zero-order valence-electron chi connectivity index (χ0n) is 9.10. The zero-order valence-corrected chi connectivity index (χ0v) is 9.85. The molecule has 3 rings (SSSR count).